The van der Waals surface area contributed by atoms with Crippen LogP contribution in [0.4, 0.5) is 5.69 Å². The molecule has 0 aliphatic heterocycles. The number of nitrogens with zero attached hydrogens (tertiary/aromatic N) is 2. The van der Waals surface area contributed by atoms with Crippen LogP contribution >= 0.6 is 22.6 Å². The number of halogens is 1. The minimum atomic E-state index is -0.507. The molecule has 0 radical (unpaired) electrons. The third-order valence-corrected chi connectivity index (χ3v) is 3.81. The number of benzene rings is 2. The summed E-state index contributed by atoms with van der Waals surface area (Å²) in [6, 6.07) is 11.1. The molecule has 0 saturated heterocycles. The average molecular weight is 425 g/mol. The number of rotatable bonds is 5. The predicted octanol–water partition coefficient (Wildman–Crippen LogP) is 2.97. The summed E-state index contributed by atoms with van der Waals surface area (Å²) in [5, 5.41) is 14.7. The lowest BCUT2D eigenvalue weighted by Crippen LogP contribution is -2.17. The van der Waals surface area contributed by atoms with Crippen LogP contribution in [0.2, 0.25) is 0 Å². The number of carbonyl (C=O) groups excluding carboxylic acids is 1. The van der Waals surface area contributed by atoms with Gasteiger partial charge in [-0.2, -0.15) is 5.10 Å². The number of hydrazone groups is 1. The zero-order valence-electron chi connectivity index (χ0n) is 12.0. The van der Waals surface area contributed by atoms with Crippen molar-refractivity contribution in [3.8, 4) is 5.75 Å². The summed E-state index contributed by atoms with van der Waals surface area (Å²) >= 11 is 2.10. The molecule has 0 bridgehead atoms. The van der Waals surface area contributed by atoms with Gasteiger partial charge in [0.15, 0.2) is 0 Å². The van der Waals surface area contributed by atoms with E-state index in [2.05, 4.69) is 33.1 Å². The van der Waals surface area contributed by atoms with Crippen molar-refractivity contribution in [3.05, 3.63) is 67.3 Å². The van der Waals surface area contributed by atoms with Gasteiger partial charge in [-0.15, -0.1) is 0 Å². The zero-order valence-corrected chi connectivity index (χ0v) is 14.2. The molecule has 0 unspecified atom stereocenters. The van der Waals surface area contributed by atoms with Gasteiger partial charge in [0.25, 0.3) is 11.6 Å². The first-order valence-corrected chi connectivity index (χ1v) is 7.51. The number of nitro groups is 1. The van der Waals surface area contributed by atoms with E-state index in [4.69, 9.17) is 4.74 Å². The highest BCUT2D eigenvalue weighted by Crippen LogP contribution is 2.21. The molecule has 118 valence electrons. The first kappa shape index (κ1) is 16.9. The van der Waals surface area contributed by atoms with Crippen molar-refractivity contribution in [3.63, 3.8) is 0 Å². The van der Waals surface area contributed by atoms with Crippen LogP contribution in [-0.4, -0.2) is 24.2 Å². The number of ether oxygens (including phenoxy) is 1. The first-order chi connectivity index (χ1) is 11.0. The Bertz CT molecular complexity index is 777. The van der Waals surface area contributed by atoms with Crippen LogP contribution < -0.4 is 10.2 Å². The van der Waals surface area contributed by atoms with E-state index in [9.17, 15) is 14.9 Å². The molecule has 0 aromatic heterocycles. The summed E-state index contributed by atoms with van der Waals surface area (Å²) in [6.45, 7) is 0. The normalized spacial score (nSPS) is 10.5. The molecule has 0 aliphatic carbocycles. The molecule has 2 aromatic carbocycles. The van der Waals surface area contributed by atoms with Gasteiger partial charge >= 0.3 is 0 Å². The molecule has 8 heteroatoms. The molecule has 2 rings (SSSR count). The standard InChI is InChI=1S/C15H12IN3O4/c1-23-14-8-10(6-7-12(14)16)15(20)18-17-9-11-4-2-3-5-13(11)19(21)22/h2-9H,1H3,(H,18,20)/b17-9-. The van der Waals surface area contributed by atoms with Crippen LogP contribution in [0.3, 0.4) is 0 Å². The molecule has 0 spiro atoms. The molecule has 2 aromatic rings. The summed E-state index contributed by atoms with van der Waals surface area (Å²) in [5.41, 5.74) is 2.93. The maximum absolute atomic E-state index is 12.0. The van der Waals surface area contributed by atoms with Crippen LogP contribution in [0.15, 0.2) is 47.6 Å². The highest BCUT2D eigenvalue weighted by atomic mass is 127. The Morgan fingerprint density at radius 1 is 1.35 bits per heavy atom. The summed E-state index contributed by atoms with van der Waals surface area (Å²) in [5.74, 6) is 0.149. The smallest absolute Gasteiger partial charge is 0.278 e. The monoisotopic (exact) mass is 425 g/mol. The number of para-hydroxylation sites is 1. The molecule has 23 heavy (non-hydrogen) atoms. The molecule has 1 N–H and O–H groups in total. The minimum Gasteiger partial charge on any atom is -0.496 e. The quantitative estimate of drug-likeness (QED) is 0.345. The number of methoxy groups -OCH3 is 1. The van der Waals surface area contributed by atoms with Gasteiger partial charge in [0.05, 0.1) is 27.4 Å². The average Bonchev–Trinajstić information content (AvgIpc) is 2.55. The summed E-state index contributed by atoms with van der Waals surface area (Å²) in [4.78, 5) is 22.4. The van der Waals surface area contributed by atoms with Crippen molar-refractivity contribution < 1.29 is 14.5 Å². The Balaban J connectivity index is 2.12. The van der Waals surface area contributed by atoms with E-state index < -0.39 is 10.8 Å². The van der Waals surface area contributed by atoms with E-state index in [-0.39, 0.29) is 5.69 Å². The highest BCUT2D eigenvalue weighted by Gasteiger charge is 2.11. The first-order valence-electron chi connectivity index (χ1n) is 6.43. The van der Waals surface area contributed by atoms with Crippen molar-refractivity contribution in [2.24, 2.45) is 5.10 Å². The van der Waals surface area contributed by atoms with E-state index in [1.54, 1.807) is 36.4 Å². The van der Waals surface area contributed by atoms with Crippen LogP contribution in [-0.2, 0) is 0 Å². The molecule has 0 fully saturated rings. The van der Waals surface area contributed by atoms with Gasteiger partial charge in [0.1, 0.15) is 5.75 Å². The second-order valence-corrected chi connectivity index (χ2v) is 5.53. The number of hydrogen-bond acceptors (Lipinski definition) is 5. The van der Waals surface area contributed by atoms with Gasteiger partial charge < -0.3 is 4.74 Å². The van der Waals surface area contributed by atoms with Crippen LogP contribution in [0.25, 0.3) is 0 Å². The second kappa shape index (κ2) is 7.68. The largest absolute Gasteiger partial charge is 0.496 e. The molecule has 7 nitrogen and oxygen atoms in total. The summed E-state index contributed by atoms with van der Waals surface area (Å²) in [7, 11) is 1.52. The fourth-order valence-electron chi connectivity index (χ4n) is 1.79. The lowest BCUT2D eigenvalue weighted by atomic mass is 10.2. The van der Waals surface area contributed by atoms with Gasteiger partial charge in [-0.25, -0.2) is 5.43 Å². The molecular formula is C15H12IN3O4. The predicted molar refractivity (Wildman–Crippen MR) is 93.9 cm³/mol. The van der Waals surface area contributed by atoms with Gasteiger partial charge in [-0.3, -0.25) is 14.9 Å². The minimum absolute atomic E-state index is 0.0820. The van der Waals surface area contributed by atoms with Crippen LogP contribution in [0, 0.1) is 13.7 Å². The topological polar surface area (TPSA) is 93.8 Å². The summed E-state index contributed by atoms with van der Waals surface area (Å²) in [6.07, 6.45) is 1.24. The summed E-state index contributed by atoms with van der Waals surface area (Å²) < 4.78 is 6.03. The lowest BCUT2D eigenvalue weighted by molar-refractivity contribution is -0.385. The third kappa shape index (κ3) is 4.25. The van der Waals surface area contributed by atoms with E-state index in [1.165, 1.54) is 19.4 Å². The van der Waals surface area contributed by atoms with Gasteiger partial charge in [0.2, 0.25) is 0 Å². The fourth-order valence-corrected chi connectivity index (χ4v) is 2.34. The molecule has 0 saturated carbocycles. The second-order valence-electron chi connectivity index (χ2n) is 4.36. The van der Waals surface area contributed by atoms with Crippen molar-refractivity contribution in [2.75, 3.05) is 7.11 Å². The van der Waals surface area contributed by atoms with E-state index >= 15 is 0 Å². The van der Waals surface area contributed by atoms with E-state index in [0.29, 0.717) is 16.9 Å². The van der Waals surface area contributed by atoms with Crippen molar-refractivity contribution >= 4 is 40.4 Å². The lowest BCUT2D eigenvalue weighted by Gasteiger charge is -2.05. The van der Waals surface area contributed by atoms with E-state index in [0.717, 1.165) is 3.57 Å². The van der Waals surface area contributed by atoms with Crippen molar-refractivity contribution in [2.45, 2.75) is 0 Å². The Morgan fingerprint density at radius 3 is 2.78 bits per heavy atom. The molecule has 1 amide bonds. The molecule has 0 aliphatic rings. The Morgan fingerprint density at radius 2 is 2.09 bits per heavy atom. The van der Waals surface area contributed by atoms with Crippen LogP contribution in [0.1, 0.15) is 15.9 Å². The SMILES string of the molecule is COc1cc(C(=O)N/N=C\c2ccccc2[N+](=O)[O-])ccc1I. The fraction of sp³-hybridized carbons (Fsp3) is 0.0667. The van der Waals surface area contributed by atoms with E-state index in [1.807, 2.05) is 0 Å². The molecular weight excluding hydrogens is 413 g/mol. The number of nitro benzene ring substituents is 1. The zero-order chi connectivity index (χ0) is 16.8. The molecule has 0 atom stereocenters. The number of nitrogens with one attached hydrogen (secondary N) is 1. The number of amides is 1. The Kier molecular flexibility index (Phi) is 5.63. The maximum atomic E-state index is 12.0. The number of carbonyl (C=O) groups is 1. The van der Waals surface area contributed by atoms with Crippen molar-refractivity contribution in [1.82, 2.24) is 5.43 Å². The van der Waals surface area contributed by atoms with Gasteiger partial charge in [-0.1, -0.05) is 12.1 Å². The van der Waals surface area contributed by atoms with Crippen LogP contribution in [0.5, 0.6) is 5.75 Å². The maximum Gasteiger partial charge on any atom is 0.278 e. The van der Waals surface area contributed by atoms with Gasteiger partial charge in [-0.05, 0) is 46.9 Å². The Hall–Kier alpha value is -2.49. The van der Waals surface area contributed by atoms with Gasteiger partial charge in [0, 0.05) is 11.6 Å². The molecule has 0 heterocycles. The Labute approximate surface area is 145 Å². The number of hydrogen-bond donors (Lipinski definition) is 1. The van der Waals surface area contributed by atoms with Crippen molar-refractivity contribution in [1.29, 1.82) is 0 Å². The highest BCUT2D eigenvalue weighted by molar-refractivity contribution is 14.1. The third-order valence-electron chi connectivity index (χ3n) is 2.92.